The Morgan fingerprint density at radius 3 is 2.58 bits per heavy atom. The fraction of sp³-hybridized carbons (Fsp3) is 0.412. The third kappa shape index (κ3) is 3.73. The van der Waals surface area contributed by atoms with Crippen LogP contribution in [0.25, 0.3) is 11.3 Å². The Hall–Kier alpha value is -1.99. The zero-order valence-electron chi connectivity index (χ0n) is 13.7. The molecule has 2 aromatic rings. The maximum absolute atomic E-state index is 12.1. The molecule has 1 aliphatic rings. The number of nitrogens with zero attached hydrogens (tertiary/aromatic N) is 2. The Morgan fingerprint density at radius 1 is 1.12 bits per heavy atom. The summed E-state index contributed by atoms with van der Waals surface area (Å²) in [5, 5.41) is 3.57. The minimum absolute atomic E-state index is 0.229. The Labute approximate surface area is 142 Å². The number of anilines is 1. The molecule has 0 bridgehead atoms. The number of aromatic nitrogens is 2. The van der Waals surface area contributed by atoms with Crippen LogP contribution in [-0.2, 0) is 10.0 Å². The molecule has 1 aromatic heterocycles. The molecule has 0 amide bonds. The number of rotatable bonds is 5. The summed E-state index contributed by atoms with van der Waals surface area (Å²) in [4.78, 5) is 8.46. The second-order valence-corrected chi connectivity index (χ2v) is 7.88. The van der Waals surface area contributed by atoms with Crippen LogP contribution in [0.15, 0.2) is 41.7 Å². The van der Waals surface area contributed by atoms with Gasteiger partial charge in [0.05, 0.1) is 10.6 Å². The molecule has 0 saturated heterocycles. The molecular weight excluding hydrogens is 324 g/mol. The molecule has 24 heavy (non-hydrogen) atoms. The van der Waals surface area contributed by atoms with Crippen LogP contribution in [0.2, 0.25) is 0 Å². The van der Waals surface area contributed by atoms with Gasteiger partial charge in [-0.1, -0.05) is 19.3 Å². The van der Waals surface area contributed by atoms with Crippen LogP contribution >= 0.6 is 0 Å². The molecule has 0 radical (unpaired) electrons. The minimum atomic E-state index is -3.50. The zero-order chi connectivity index (χ0) is 17.0. The molecule has 128 valence electrons. The van der Waals surface area contributed by atoms with E-state index in [0.29, 0.717) is 11.7 Å². The largest absolute Gasteiger partial charge is 0.382 e. The van der Waals surface area contributed by atoms with E-state index in [2.05, 4.69) is 20.0 Å². The van der Waals surface area contributed by atoms with E-state index in [-0.39, 0.29) is 4.90 Å². The van der Waals surface area contributed by atoms with Crippen LogP contribution in [0, 0.1) is 0 Å². The van der Waals surface area contributed by atoms with Crippen molar-refractivity contribution >= 4 is 15.7 Å². The second-order valence-electron chi connectivity index (χ2n) is 5.99. The lowest BCUT2D eigenvalue weighted by Gasteiger charge is -2.25. The summed E-state index contributed by atoms with van der Waals surface area (Å²) in [5.41, 5.74) is 2.39. The first-order valence-electron chi connectivity index (χ1n) is 8.20. The molecule has 1 aliphatic carbocycles. The quantitative estimate of drug-likeness (QED) is 0.870. The van der Waals surface area contributed by atoms with E-state index in [9.17, 15) is 8.42 Å². The second kappa shape index (κ2) is 7.27. The molecule has 1 saturated carbocycles. The van der Waals surface area contributed by atoms with E-state index >= 15 is 0 Å². The van der Waals surface area contributed by atoms with E-state index < -0.39 is 10.0 Å². The summed E-state index contributed by atoms with van der Waals surface area (Å²) in [5.74, 6) is 0. The number of hydrogen-bond acceptors (Lipinski definition) is 5. The van der Waals surface area contributed by atoms with E-state index in [0.717, 1.165) is 24.1 Å². The average Bonchev–Trinajstić information content (AvgIpc) is 2.63. The summed E-state index contributed by atoms with van der Waals surface area (Å²) < 4.78 is 26.6. The van der Waals surface area contributed by atoms with Crippen molar-refractivity contribution in [1.82, 2.24) is 14.7 Å². The van der Waals surface area contributed by atoms with Crippen LogP contribution in [0.5, 0.6) is 0 Å². The zero-order valence-corrected chi connectivity index (χ0v) is 14.5. The lowest BCUT2D eigenvalue weighted by Crippen LogP contribution is -2.23. The fourth-order valence-corrected chi connectivity index (χ4v) is 3.82. The van der Waals surface area contributed by atoms with Gasteiger partial charge in [0.1, 0.15) is 6.33 Å². The van der Waals surface area contributed by atoms with E-state index in [4.69, 9.17) is 0 Å². The van der Waals surface area contributed by atoms with Crippen molar-refractivity contribution in [2.24, 2.45) is 0 Å². The third-order valence-corrected chi connectivity index (χ3v) is 5.80. The normalized spacial score (nSPS) is 16.0. The van der Waals surface area contributed by atoms with Gasteiger partial charge in [0.25, 0.3) is 0 Å². The average molecular weight is 346 g/mol. The Bertz CT molecular complexity index is 787. The van der Waals surface area contributed by atoms with Gasteiger partial charge in [-0.25, -0.2) is 23.1 Å². The van der Waals surface area contributed by atoms with E-state index in [1.807, 2.05) is 6.07 Å². The third-order valence-electron chi connectivity index (χ3n) is 4.39. The summed E-state index contributed by atoms with van der Waals surface area (Å²) >= 11 is 0. The van der Waals surface area contributed by atoms with Gasteiger partial charge in [-0.15, -0.1) is 0 Å². The number of benzene rings is 1. The summed E-state index contributed by atoms with van der Waals surface area (Å²) in [6.45, 7) is 0. The predicted octanol–water partition coefficient (Wildman–Crippen LogP) is 2.80. The molecule has 6 nitrogen and oxygen atoms in total. The first kappa shape index (κ1) is 16.9. The predicted molar refractivity (Wildman–Crippen MR) is 94.2 cm³/mol. The lowest BCUT2D eigenvalue weighted by molar-refractivity contribution is 0.463. The standard InChI is InChI=1S/C17H22N4O2S/c1-18-24(22,23)14-7-8-17(21-13-5-3-2-4-6-13)15(11-14)16-9-10-19-12-20-16/h7-13,18,21H,2-6H2,1H3. The summed E-state index contributed by atoms with van der Waals surface area (Å²) in [7, 11) is -2.09. The number of hydrogen-bond donors (Lipinski definition) is 2. The van der Waals surface area contributed by atoms with Crippen molar-refractivity contribution < 1.29 is 8.42 Å². The summed E-state index contributed by atoms with van der Waals surface area (Å²) in [6, 6.07) is 7.33. The van der Waals surface area contributed by atoms with Crippen molar-refractivity contribution in [1.29, 1.82) is 0 Å². The monoisotopic (exact) mass is 346 g/mol. The molecule has 1 heterocycles. The first-order valence-corrected chi connectivity index (χ1v) is 9.69. The Morgan fingerprint density at radius 2 is 1.92 bits per heavy atom. The SMILES string of the molecule is CNS(=O)(=O)c1ccc(NC2CCCCC2)c(-c2ccncn2)c1. The van der Waals surface area contributed by atoms with Crippen LogP contribution < -0.4 is 10.0 Å². The minimum Gasteiger partial charge on any atom is -0.382 e. The lowest BCUT2D eigenvalue weighted by atomic mass is 9.95. The Kier molecular flexibility index (Phi) is 5.11. The van der Waals surface area contributed by atoms with Crippen molar-refractivity contribution in [3.05, 3.63) is 36.8 Å². The molecule has 0 spiro atoms. The molecule has 1 fully saturated rings. The highest BCUT2D eigenvalue weighted by Gasteiger charge is 2.18. The van der Waals surface area contributed by atoms with E-state index in [1.54, 1.807) is 24.4 Å². The van der Waals surface area contributed by atoms with Crippen LogP contribution in [-0.4, -0.2) is 31.5 Å². The van der Waals surface area contributed by atoms with Gasteiger partial charge in [0.2, 0.25) is 10.0 Å². The maximum Gasteiger partial charge on any atom is 0.240 e. The van der Waals surface area contributed by atoms with Crippen molar-refractivity contribution in [2.75, 3.05) is 12.4 Å². The van der Waals surface area contributed by atoms with Gasteiger partial charge in [-0.3, -0.25) is 0 Å². The van der Waals surface area contributed by atoms with Gasteiger partial charge in [-0.05, 0) is 44.2 Å². The van der Waals surface area contributed by atoms with E-state index in [1.165, 1.54) is 32.6 Å². The van der Waals surface area contributed by atoms with Gasteiger partial charge in [-0.2, -0.15) is 0 Å². The number of nitrogens with one attached hydrogen (secondary N) is 2. The highest BCUT2D eigenvalue weighted by molar-refractivity contribution is 7.89. The van der Waals surface area contributed by atoms with Gasteiger partial charge in [0.15, 0.2) is 0 Å². The molecule has 0 aliphatic heterocycles. The van der Waals surface area contributed by atoms with Gasteiger partial charge < -0.3 is 5.32 Å². The maximum atomic E-state index is 12.1. The van der Waals surface area contributed by atoms with Crippen molar-refractivity contribution in [3.63, 3.8) is 0 Å². The summed E-state index contributed by atoms with van der Waals surface area (Å²) in [6.07, 6.45) is 9.15. The fourth-order valence-electron chi connectivity index (χ4n) is 3.06. The van der Waals surface area contributed by atoms with Crippen LogP contribution in [0.3, 0.4) is 0 Å². The number of sulfonamides is 1. The Balaban J connectivity index is 2.01. The van der Waals surface area contributed by atoms with Gasteiger partial charge in [0, 0.05) is 23.5 Å². The van der Waals surface area contributed by atoms with Crippen LogP contribution in [0.4, 0.5) is 5.69 Å². The van der Waals surface area contributed by atoms with Crippen LogP contribution in [0.1, 0.15) is 32.1 Å². The molecular formula is C17H22N4O2S. The highest BCUT2D eigenvalue weighted by atomic mass is 32.2. The molecule has 3 rings (SSSR count). The molecule has 1 aromatic carbocycles. The first-order chi connectivity index (χ1) is 11.6. The van der Waals surface area contributed by atoms with Crippen molar-refractivity contribution in [2.45, 2.75) is 43.0 Å². The van der Waals surface area contributed by atoms with Crippen molar-refractivity contribution in [3.8, 4) is 11.3 Å². The molecule has 2 N–H and O–H groups in total. The molecule has 0 unspecified atom stereocenters. The molecule has 7 heteroatoms. The van der Waals surface area contributed by atoms with Gasteiger partial charge >= 0.3 is 0 Å². The topological polar surface area (TPSA) is 84.0 Å². The highest BCUT2D eigenvalue weighted by Crippen LogP contribution is 2.31. The smallest absolute Gasteiger partial charge is 0.240 e. The molecule has 0 atom stereocenters.